The molecule has 1 aromatic heterocycles. The van der Waals surface area contributed by atoms with E-state index in [9.17, 15) is 4.79 Å². The second-order valence-electron chi connectivity index (χ2n) is 5.47. The summed E-state index contributed by atoms with van der Waals surface area (Å²) in [6.45, 7) is 0. The van der Waals surface area contributed by atoms with Crippen molar-refractivity contribution in [2.24, 2.45) is 0 Å². The van der Waals surface area contributed by atoms with Gasteiger partial charge in [0.2, 0.25) is 11.1 Å². The second kappa shape index (κ2) is 7.31. The van der Waals surface area contributed by atoms with Crippen LogP contribution in [0.2, 0.25) is 0 Å². The van der Waals surface area contributed by atoms with E-state index >= 15 is 0 Å². The van der Waals surface area contributed by atoms with E-state index in [1.54, 1.807) is 19.0 Å². The highest BCUT2D eigenvalue weighted by molar-refractivity contribution is 8.00. The third-order valence-electron chi connectivity index (χ3n) is 3.50. The van der Waals surface area contributed by atoms with Crippen molar-refractivity contribution in [3.63, 3.8) is 0 Å². The molecular formula is C18H18N4OS. The number of amides is 1. The van der Waals surface area contributed by atoms with Crippen LogP contribution < -0.4 is 0 Å². The summed E-state index contributed by atoms with van der Waals surface area (Å²) >= 11 is 1.35. The van der Waals surface area contributed by atoms with Crippen molar-refractivity contribution in [2.45, 2.75) is 10.4 Å². The average Bonchev–Trinajstić information content (AvgIpc) is 3.09. The largest absolute Gasteiger partial charge is 0.348 e. The zero-order valence-electron chi connectivity index (χ0n) is 13.5. The average molecular weight is 338 g/mol. The zero-order valence-corrected chi connectivity index (χ0v) is 14.3. The predicted molar refractivity (Wildman–Crippen MR) is 95.6 cm³/mol. The minimum Gasteiger partial charge on any atom is -0.348 e. The van der Waals surface area contributed by atoms with Crippen molar-refractivity contribution in [2.75, 3.05) is 14.1 Å². The van der Waals surface area contributed by atoms with Gasteiger partial charge >= 0.3 is 0 Å². The van der Waals surface area contributed by atoms with Gasteiger partial charge in [-0.15, -0.1) is 5.10 Å². The van der Waals surface area contributed by atoms with Crippen LogP contribution in [0.4, 0.5) is 0 Å². The van der Waals surface area contributed by atoms with Crippen LogP contribution in [0.5, 0.6) is 0 Å². The molecule has 0 aliphatic rings. The van der Waals surface area contributed by atoms with E-state index in [-0.39, 0.29) is 11.2 Å². The van der Waals surface area contributed by atoms with Gasteiger partial charge in [-0.25, -0.2) is 4.98 Å². The van der Waals surface area contributed by atoms with Gasteiger partial charge in [0.25, 0.3) is 0 Å². The van der Waals surface area contributed by atoms with Crippen molar-refractivity contribution in [1.29, 1.82) is 0 Å². The number of hydrogen-bond donors (Lipinski definition) is 1. The molecule has 5 nitrogen and oxygen atoms in total. The van der Waals surface area contributed by atoms with Gasteiger partial charge in [-0.05, 0) is 5.56 Å². The molecule has 1 N–H and O–H groups in total. The summed E-state index contributed by atoms with van der Waals surface area (Å²) in [7, 11) is 3.51. The molecule has 3 aromatic rings. The molecule has 0 bridgehead atoms. The molecule has 24 heavy (non-hydrogen) atoms. The molecule has 6 heteroatoms. The Bertz CT molecular complexity index is 802. The maximum Gasteiger partial charge on any atom is 0.240 e. The van der Waals surface area contributed by atoms with Gasteiger partial charge in [0.05, 0.1) is 0 Å². The van der Waals surface area contributed by atoms with Crippen LogP contribution in [0, 0.1) is 0 Å². The maximum atomic E-state index is 12.6. The third-order valence-corrected chi connectivity index (χ3v) is 4.61. The number of benzene rings is 2. The molecule has 1 amide bonds. The van der Waals surface area contributed by atoms with Gasteiger partial charge in [-0.3, -0.25) is 9.89 Å². The predicted octanol–water partition coefficient (Wildman–Crippen LogP) is 3.39. The number of aromatic amines is 1. The summed E-state index contributed by atoms with van der Waals surface area (Å²) < 4.78 is 0. The first-order valence-electron chi connectivity index (χ1n) is 7.56. The number of aromatic nitrogens is 3. The molecule has 0 unspecified atom stereocenters. The number of thioether (sulfide) groups is 1. The molecule has 2 aromatic carbocycles. The molecule has 0 aliphatic carbocycles. The molecule has 0 radical (unpaired) electrons. The third kappa shape index (κ3) is 3.65. The first kappa shape index (κ1) is 16.3. The Kier molecular flexibility index (Phi) is 4.96. The van der Waals surface area contributed by atoms with E-state index in [0.717, 1.165) is 11.1 Å². The summed E-state index contributed by atoms with van der Waals surface area (Å²) in [6, 6.07) is 19.5. The van der Waals surface area contributed by atoms with Gasteiger partial charge in [0, 0.05) is 19.7 Å². The number of rotatable bonds is 5. The van der Waals surface area contributed by atoms with Crippen LogP contribution in [-0.4, -0.2) is 40.1 Å². The smallest absolute Gasteiger partial charge is 0.240 e. The molecular weight excluding hydrogens is 320 g/mol. The Balaban J connectivity index is 1.86. The Hall–Kier alpha value is -2.60. The van der Waals surface area contributed by atoms with Crippen LogP contribution in [0.15, 0.2) is 65.8 Å². The molecule has 0 spiro atoms. The van der Waals surface area contributed by atoms with E-state index in [1.807, 2.05) is 60.7 Å². The van der Waals surface area contributed by atoms with E-state index in [2.05, 4.69) is 15.2 Å². The van der Waals surface area contributed by atoms with Crippen LogP contribution in [0.1, 0.15) is 10.8 Å². The van der Waals surface area contributed by atoms with Crippen LogP contribution >= 0.6 is 11.8 Å². The zero-order chi connectivity index (χ0) is 16.9. The molecule has 0 aliphatic heterocycles. The highest BCUT2D eigenvalue weighted by Gasteiger charge is 2.25. The van der Waals surface area contributed by atoms with E-state index in [0.29, 0.717) is 11.0 Å². The van der Waals surface area contributed by atoms with E-state index < -0.39 is 0 Å². The number of H-pyrrole nitrogens is 1. The molecule has 3 rings (SSSR count). The minimum absolute atomic E-state index is 0.0114. The summed E-state index contributed by atoms with van der Waals surface area (Å²) in [6.07, 6.45) is 0. The molecule has 1 atom stereocenters. The lowest BCUT2D eigenvalue weighted by Crippen LogP contribution is -2.26. The molecule has 0 fully saturated rings. The Morgan fingerprint density at radius 1 is 1.04 bits per heavy atom. The van der Waals surface area contributed by atoms with Gasteiger partial charge in [0.1, 0.15) is 5.25 Å². The first-order chi connectivity index (χ1) is 11.6. The van der Waals surface area contributed by atoms with Gasteiger partial charge in [-0.2, -0.15) is 0 Å². The number of nitrogens with zero attached hydrogens (tertiary/aromatic N) is 3. The van der Waals surface area contributed by atoms with Crippen LogP contribution in [-0.2, 0) is 4.79 Å². The first-order valence-corrected chi connectivity index (χ1v) is 8.43. The maximum absolute atomic E-state index is 12.6. The molecule has 0 saturated carbocycles. The Morgan fingerprint density at radius 3 is 2.29 bits per heavy atom. The Morgan fingerprint density at radius 2 is 1.67 bits per heavy atom. The topological polar surface area (TPSA) is 61.9 Å². The van der Waals surface area contributed by atoms with Gasteiger partial charge in [0.15, 0.2) is 5.82 Å². The Labute approximate surface area is 145 Å². The molecule has 122 valence electrons. The monoisotopic (exact) mass is 338 g/mol. The second-order valence-corrected chi connectivity index (χ2v) is 6.55. The van der Waals surface area contributed by atoms with E-state index in [4.69, 9.17) is 0 Å². The van der Waals surface area contributed by atoms with E-state index in [1.165, 1.54) is 11.8 Å². The normalized spacial score (nSPS) is 11.9. The number of nitrogens with one attached hydrogen (secondary N) is 1. The van der Waals surface area contributed by atoms with Crippen LogP contribution in [0.25, 0.3) is 11.4 Å². The quantitative estimate of drug-likeness (QED) is 0.724. The van der Waals surface area contributed by atoms with Crippen LogP contribution in [0.3, 0.4) is 0 Å². The summed E-state index contributed by atoms with van der Waals surface area (Å²) in [4.78, 5) is 18.7. The van der Waals surface area contributed by atoms with Crippen molar-refractivity contribution in [3.05, 3.63) is 66.2 Å². The highest BCUT2D eigenvalue weighted by atomic mass is 32.2. The van der Waals surface area contributed by atoms with Crippen molar-refractivity contribution in [1.82, 2.24) is 20.1 Å². The van der Waals surface area contributed by atoms with Crippen molar-refractivity contribution in [3.8, 4) is 11.4 Å². The lowest BCUT2D eigenvalue weighted by atomic mass is 10.1. The summed E-state index contributed by atoms with van der Waals surface area (Å²) in [5.41, 5.74) is 1.90. The fourth-order valence-corrected chi connectivity index (χ4v) is 3.31. The van der Waals surface area contributed by atoms with Crippen molar-refractivity contribution >= 4 is 17.7 Å². The molecule has 0 saturated heterocycles. The fraction of sp³-hybridized carbons (Fsp3) is 0.167. The minimum atomic E-state index is -0.374. The number of likely N-dealkylation sites (N-methyl/N-ethyl adjacent to an activating group) is 1. The standard InChI is InChI=1S/C18H18N4OS/c1-22(2)17(23)15(13-9-5-3-6-10-13)24-18-19-16(20-21-18)14-11-7-4-8-12-14/h3-12,15H,1-2H3,(H,19,20,21)/t15-/m1/s1. The number of carbonyl (C=O) groups is 1. The van der Waals surface area contributed by atoms with Crippen molar-refractivity contribution < 1.29 is 4.79 Å². The highest BCUT2D eigenvalue weighted by Crippen LogP contribution is 2.35. The summed E-state index contributed by atoms with van der Waals surface area (Å²) in [5, 5.41) is 7.38. The lowest BCUT2D eigenvalue weighted by Gasteiger charge is -2.19. The number of hydrogen-bond acceptors (Lipinski definition) is 4. The SMILES string of the molecule is CN(C)C(=O)[C@H](Sc1n[nH]c(-c2ccccc2)n1)c1ccccc1. The molecule has 1 heterocycles. The van der Waals surface area contributed by atoms with Gasteiger partial charge < -0.3 is 4.90 Å². The fourth-order valence-electron chi connectivity index (χ4n) is 2.25. The lowest BCUT2D eigenvalue weighted by molar-refractivity contribution is -0.128. The van der Waals surface area contributed by atoms with Gasteiger partial charge in [-0.1, -0.05) is 72.4 Å². The summed E-state index contributed by atoms with van der Waals surface area (Å²) in [5.74, 6) is 0.708. The number of carbonyl (C=O) groups excluding carboxylic acids is 1.